The molecule has 2 aromatic carbocycles. The topological polar surface area (TPSA) is 108 Å². The van der Waals surface area contributed by atoms with Gasteiger partial charge in [0.05, 0.1) is 18.0 Å². The van der Waals surface area contributed by atoms with Crippen LogP contribution >= 0.6 is 0 Å². The summed E-state index contributed by atoms with van der Waals surface area (Å²) in [6.45, 7) is 6.01. The Hall–Kier alpha value is -3.88. The quantitative estimate of drug-likeness (QED) is 0.513. The second-order valence-corrected chi connectivity index (χ2v) is 10.2. The smallest absolute Gasteiger partial charge is 0.253 e. The first-order valence-electron chi connectivity index (χ1n) is 13.2. The van der Waals surface area contributed by atoms with Crippen molar-refractivity contribution >= 4 is 35.0 Å². The number of anilines is 2. The van der Waals surface area contributed by atoms with Crippen LogP contribution in [0.1, 0.15) is 56.3 Å². The van der Waals surface area contributed by atoms with Crippen molar-refractivity contribution in [1.29, 1.82) is 0 Å². The number of likely N-dealkylation sites (tertiary alicyclic amines) is 2. The maximum absolute atomic E-state index is 13.3. The molecule has 2 saturated heterocycles. The molecule has 0 saturated carbocycles. The Morgan fingerprint density at radius 2 is 1.47 bits per heavy atom. The molecule has 38 heavy (non-hydrogen) atoms. The van der Waals surface area contributed by atoms with Crippen molar-refractivity contribution < 1.29 is 23.9 Å². The second kappa shape index (κ2) is 12.1. The van der Waals surface area contributed by atoms with Gasteiger partial charge in [0.2, 0.25) is 17.7 Å². The number of nitrogens with zero attached hydrogens (tertiary/aromatic N) is 2. The number of benzene rings is 2. The molecule has 0 bridgehead atoms. The van der Waals surface area contributed by atoms with Gasteiger partial charge in [0.25, 0.3) is 5.91 Å². The van der Waals surface area contributed by atoms with Gasteiger partial charge in [-0.1, -0.05) is 18.2 Å². The van der Waals surface area contributed by atoms with Crippen LogP contribution < -0.4 is 15.4 Å². The van der Waals surface area contributed by atoms with E-state index < -0.39 is 0 Å². The summed E-state index contributed by atoms with van der Waals surface area (Å²) in [6.07, 6.45) is 3.81. The Morgan fingerprint density at radius 1 is 0.842 bits per heavy atom. The van der Waals surface area contributed by atoms with Gasteiger partial charge in [-0.15, -0.1) is 0 Å². The molecule has 0 unspecified atom stereocenters. The highest BCUT2D eigenvalue weighted by Crippen LogP contribution is 2.41. The fraction of sp³-hybridized carbons (Fsp3) is 0.448. The summed E-state index contributed by atoms with van der Waals surface area (Å²) in [6, 6.07) is 14.5. The second-order valence-electron chi connectivity index (χ2n) is 10.2. The van der Waals surface area contributed by atoms with Crippen LogP contribution in [-0.4, -0.2) is 66.2 Å². The highest BCUT2D eigenvalue weighted by Gasteiger charge is 2.42. The van der Waals surface area contributed by atoms with Crippen LogP contribution in [0.4, 0.5) is 11.4 Å². The van der Waals surface area contributed by atoms with Crippen LogP contribution in [0, 0.1) is 5.41 Å². The Morgan fingerprint density at radius 3 is 2.13 bits per heavy atom. The lowest BCUT2D eigenvalue weighted by Crippen LogP contribution is -2.44. The summed E-state index contributed by atoms with van der Waals surface area (Å²) in [7, 11) is 0. The van der Waals surface area contributed by atoms with Crippen LogP contribution in [0.15, 0.2) is 48.5 Å². The lowest BCUT2D eigenvalue weighted by Gasteiger charge is -2.39. The number of carbonyl (C=O) groups excluding carboxylic acids is 4. The molecule has 1 spiro atoms. The molecule has 2 N–H and O–H groups in total. The van der Waals surface area contributed by atoms with Crippen molar-refractivity contribution in [2.45, 2.75) is 46.0 Å². The molecule has 2 heterocycles. The highest BCUT2D eigenvalue weighted by atomic mass is 16.5. The largest absolute Gasteiger partial charge is 0.494 e. The van der Waals surface area contributed by atoms with E-state index in [1.54, 1.807) is 18.2 Å². The van der Waals surface area contributed by atoms with Crippen LogP contribution in [-0.2, 0) is 14.4 Å². The summed E-state index contributed by atoms with van der Waals surface area (Å²) in [5.41, 5.74) is 1.34. The molecule has 4 rings (SSSR count). The summed E-state index contributed by atoms with van der Waals surface area (Å²) in [5, 5.41) is 5.37. The molecule has 202 valence electrons. The third-order valence-electron chi connectivity index (χ3n) is 7.34. The van der Waals surface area contributed by atoms with E-state index in [9.17, 15) is 19.2 Å². The standard InChI is InChI=1S/C29H36N4O5/c1-21(34)30-25-11-10-23(19-26(25)31-22(2)35)28(37)33-17-14-29(20-33)12-15-32(16-13-29)27(36)9-6-18-38-24-7-4-3-5-8-24/h3-5,7-8,10-11,19H,6,9,12-18,20H2,1-2H3,(H,30,34)(H,31,35). The number of para-hydroxylation sites is 1. The van der Waals surface area contributed by atoms with Crippen molar-refractivity contribution in [3.05, 3.63) is 54.1 Å². The molecule has 2 aromatic rings. The average molecular weight is 521 g/mol. The Labute approximate surface area is 223 Å². The number of nitrogens with one attached hydrogen (secondary N) is 2. The molecule has 9 heteroatoms. The molecule has 0 aliphatic carbocycles. The summed E-state index contributed by atoms with van der Waals surface area (Å²) in [4.78, 5) is 53.0. The van der Waals surface area contributed by atoms with E-state index >= 15 is 0 Å². The Bertz CT molecular complexity index is 1170. The minimum Gasteiger partial charge on any atom is -0.494 e. The van der Waals surface area contributed by atoms with Crippen molar-refractivity contribution in [2.75, 3.05) is 43.4 Å². The predicted octanol–water partition coefficient (Wildman–Crippen LogP) is 3.92. The van der Waals surface area contributed by atoms with E-state index in [4.69, 9.17) is 4.74 Å². The van der Waals surface area contributed by atoms with Gasteiger partial charge in [0.1, 0.15) is 5.75 Å². The Kier molecular flexibility index (Phi) is 8.66. The molecule has 2 fully saturated rings. The van der Waals surface area contributed by atoms with Gasteiger partial charge in [-0.25, -0.2) is 0 Å². The van der Waals surface area contributed by atoms with E-state index in [0.29, 0.717) is 62.6 Å². The summed E-state index contributed by atoms with van der Waals surface area (Å²) < 4.78 is 5.69. The fourth-order valence-corrected chi connectivity index (χ4v) is 5.29. The van der Waals surface area contributed by atoms with Crippen molar-refractivity contribution in [3.63, 3.8) is 0 Å². The maximum atomic E-state index is 13.3. The van der Waals surface area contributed by atoms with Crippen LogP contribution in [0.25, 0.3) is 0 Å². The number of hydrogen-bond donors (Lipinski definition) is 2. The monoisotopic (exact) mass is 520 g/mol. The van der Waals surface area contributed by atoms with Gasteiger partial charge >= 0.3 is 0 Å². The summed E-state index contributed by atoms with van der Waals surface area (Å²) >= 11 is 0. The first-order chi connectivity index (χ1) is 18.2. The predicted molar refractivity (Wildman–Crippen MR) is 145 cm³/mol. The average Bonchev–Trinajstić information content (AvgIpc) is 3.31. The number of amides is 4. The van der Waals surface area contributed by atoms with E-state index in [1.807, 2.05) is 40.1 Å². The zero-order valence-corrected chi connectivity index (χ0v) is 22.1. The van der Waals surface area contributed by atoms with Gasteiger partial charge < -0.3 is 25.2 Å². The third-order valence-corrected chi connectivity index (χ3v) is 7.34. The Balaban J connectivity index is 1.27. The van der Waals surface area contributed by atoms with E-state index in [0.717, 1.165) is 25.0 Å². The SMILES string of the molecule is CC(=O)Nc1ccc(C(=O)N2CCC3(CCN(C(=O)CCCOc4ccccc4)CC3)C2)cc1NC(C)=O. The van der Waals surface area contributed by atoms with Crippen LogP contribution in [0.2, 0.25) is 0 Å². The lowest BCUT2D eigenvalue weighted by atomic mass is 9.77. The first-order valence-corrected chi connectivity index (χ1v) is 13.2. The molecule has 9 nitrogen and oxygen atoms in total. The molecule has 0 atom stereocenters. The zero-order valence-electron chi connectivity index (χ0n) is 22.1. The normalized spacial score (nSPS) is 16.3. The van der Waals surface area contributed by atoms with E-state index in [2.05, 4.69) is 10.6 Å². The number of rotatable bonds is 8. The van der Waals surface area contributed by atoms with Crippen molar-refractivity contribution in [2.24, 2.45) is 5.41 Å². The van der Waals surface area contributed by atoms with E-state index in [-0.39, 0.29) is 29.0 Å². The number of hydrogen-bond acceptors (Lipinski definition) is 5. The van der Waals surface area contributed by atoms with E-state index in [1.165, 1.54) is 13.8 Å². The first kappa shape index (κ1) is 27.2. The van der Waals surface area contributed by atoms with Crippen LogP contribution in [0.3, 0.4) is 0 Å². The van der Waals surface area contributed by atoms with Gasteiger partial charge in [-0.2, -0.15) is 0 Å². The molecular weight excluding hydrogens is 484 g/mol. The van der Waals surface area contributed by atoms with Crippen molar-refractivity contribution in [3.8, 4) is 5.75 Å². The molecule has 0 aromatic heterocycles. The molecular formula is C29H36N4O5. The maximum Gasteiger partial charge on any atom is 0.253 e. The van der Waals surface area contributed by atoms with Gasteiger partial charge in [0, 0.05) is 52.0 Å². The summed E-state index contributed by atoms with van der Waals surface area (Å²) in [5.74, 6) is 0.330. The molecule has 2 aliphatic heterocycles. The van der Waals surface area contributed by atoms with Gasteiger partial charge in [-0.3, -0.25) is 19.2 Å². The number of piperidine rings is 1. The molecule has 0 radical (unpaired) electrons. The number of ether oxygens (including phenoxy) is 1. The minimum absolute atomic E-state index is 0.0272. The molecule has 4 amide bonds. The fourth-order valence-electron chi connectivity index (χ4n) is 5.29. The van der Waals surface area contributed by atoms with Gasteiger partial charge in [0.15, 0.2) is 0 Å². The van der Waals surface area contributed by atoms with Crippen LogP contribution in [0.5, 0.6) is 5.75 Å². The zero-order chi connectivity index (χ0) is 27.1. The van der Waals surface area contributed by atoms with Gasteiger partial charge in [-0.05, 0) is 61.4 Å². The number of carbonyl (C=O) groups is 4. The lowest BCUT2D eigenvalue weighted by molar-refractivity contribution is -0.133. The highest BCUT2D eigenvalue weighted by molar-refractivity contribution is 6.02. The molecule has 2 aliphatic rings. The minimum atomic E-state index is -0.286. The van der Waals surface area contributed by atoms with Crippen molar-refractivity contribution in [1.82, 2.24) is 9.80 Å². The third kappa shape index (κ3) is 6.90.